The summed E-state index contributed by atoms with van der Waals surface area (Å²) in [6.07, 6.45) is 6.13. The van der Waals surface area contributed by atoms with Crippen LogP contribution in [-0.2, 0) is 12.0 Å². The molecule has 0 amide bonds. The average molecular weight is 256 g/mol. The third kappa shape index (κ3) is 2.48. The summed E-state index contributed by atoms with van der Waals surface area (Å²) >= 11 is 5.95. The molecule has 1 aliphatic carbocycles. The second kappa shape index (κ2) is 4.95. The molecule has 0 radical (unpaired) electrons. The maximum atomic E-state index is 13.7. The van der Waals surface area contributed by atoms with Crippen molar-refractivity contribution in [3.63, 3.8) is 0 Å². The Labute approximate surface area is 107 Å². The van der Waals surface area contributed by atoms with Crippen molar-refractivity contribution in [2.45, 2.75) is 51.0 Å². The molecule has 3 heteroatoms. The van der Waals surface area contributed by atoms with Crippen LogP contribution in [0.15, 0.2) is 12.1 Å². The van der Waals surface area contributed by atoms with Crippen molar-refractivity contribution in [2.75, 3.05) is 0 Å². The zero-order valence-electron chi connectivity index (χ0n) is 10.2. The van der Waals surface area contributed by atoms with Crippen molar-refractivity contribution in [2.24, 2.45) is 5.73 Å². The van der Waals surface area contributed by atoms with Crippen LogP contribution in [-0.4, -0.2) is 0 Å². The van der Waals surface area contributed by atoms with E-state index in [-0.39, 0.29) is 16.4 Å². The smallest absolute Gasteiger partial charge is 0.144 e. The number of benzene rings is 1. The van der Waals surface area contributed by atoms with E-state index in [0.29, 0.717) is 12.0 Å². The van der Waals surface area contributed by atoms with E-state index in [9.17, 15) is 4.39 Å². The van der Waals surface area contributed by atoms with Gasteiger partial charge in [0.05, 0.1) is 5.02 Å². The molecule has 2 N–H and O–H groups in total. The van der Waals surface area contributed by atoms with Gasteiger partial charge in [-0.05, 0) is 36.5 Å². The van der Waals surface area contributed by atoms with E-state index in [1.54, 1.807) is 6.07 Å². The van der Waals surface area contributed by atoms with Crippen LogP contribution in [0.4, 0.5) is 4.39 Å². The molecule has 0 aromatic heterocycles. The van der Waals surface area contributed by atoms with Gasteiger partial charge in [-0.25, -0.2) is 4.39 Å². The van der Waals surface area contributed by atoms with Crippen LogP contribution in [0.1, 0.15) is 50.2 Å². The molecule has 2 rings (SSSR count). The van der Waals surface area contributed by atoms with Crippen molar-refractivity contribution in [3.05, 3.63) is 34.1 Å². The monoisotopic (exact) mass is 255 g/mol. The molecular weight excluding hydrogens is 237 g/mol. The van der Waals surface area contributed by atoms with E-state index in [0.717, 1.165) is 31.2 Å². The molecule has 0 atom stereocenters. The van der Waals surface area contributed by atoms with E-state index in [1.165, 1.54) is 6.42 Å². The molecule has 0 unspecified atom stereocenters. The third-order valence-corrected chi connectivity index (χ3v) is 4.08. The summed E-state index contributed by atoms with van der Waals surface area (Å²) in [5.41, 5.74) is 7.81. The lowest BCUT2D eigenvalue weighted by atomic mass is 9.77. The highest BCUT2D eigenvalue weighted by Gasteiger charge is 2.30. The topological polar surface area (TPSA) is 26.0 Å². The lowest BCUT2D eigenvalue weighted by Crippen LogP contribution is -2.38. The molecule has 1 aliphatic rings. The zero-order valence-corrected chi connectivity index (χ0v) is 11.0. The highest BCUT2D eigenvalue weighted by Crippen LogP contribution is 2.37. The Morgan fingerprint density at radius 1 is 1.29 bits per heavy atom. The first-order valence-corrected chi connectivity index (χ1v) is 6.72. The lowest BCUT2D eigenvalue weighted by Gasteiger charge is -2.34. The zero-order chi connectivity index (χ0) is 12.5. The fraction of sp³-hybridized carbons (Fsp3) is 0.571. The van der Waals surface area contributed by atoms with Gasteiger partial charge in [-0.15, -0.1) is 0 Å². The van der Waals surface area contributed by atoms with E-state index in [4.69, 9.17) is 17.3 Å². The lowest BCUT2D eigenvalue weighted by molar-refractivity contribution is 0.302. The van der Waals surface area contributed by atoms with Crippen molar-refractivity contribution >= 4 is 11.6 Å². The summed E-state index contributed by atoms with van der Waals surface area (Å²) in [6, 6.07) is 3.61. The number of nitrogens with two attached hydrogens (primary N) is 1. The fourth-order valence-electron chi connectivity index (χ4n) is 2.66. The Hall–Kier alpha value is -0.600. The van der Waals surface area contributed by atoms with Crippen LogP contribution >= 0.6 is 11.6 Å². The number of hydrogen-bond donors (Lipinski definition) is 1. The molecule has 0 spiro atoms. The molecule has 0 aliphatic heterocycles. The Bertz CT molecular complexity index is 411. The molecule has 1 nitrogen and oxygen atoms in total. The Morgan fingerprint density at radius 3 is 2.53 bits per heavy atom. The van der Waals surface area contributed by atoms with E-state index < -0.39 is 0 Å². The van der Waals surface area contributed by atoms with Crippen LogP contribution in [0.3, 0.4) is 0 Å². The average Bonchev–Trinajstić information content (AvgIpc) is 2.33. The number of rotatable bonds is 2. The van der Waals surface area contributed by atoms with E-state index >= 15 is 0 Å². The minimum absolute atomic E-state index is 0.203. The van der Waals surface area contributed by atoms with Gasteiger partial charge < -0.3 is 5.73 Å². The molecule has 1 saturated carbocycles. The Morgan fingerprint density at radius 2 is 1.94 bits per heavy atom. The van der Waals surface area contributed by atoms with Gasteiger partial charge in [0.1, 0.15) is 5.82 Å². The van der Waals surface area contributed by atoms with Crippen molar-refractivity contribution in [1.29, 1.82) is 0 Å². The quantitative estimate of drug-likeness (QED) is 0.844. The highest BCUT2D eigenvalue weighted by molar-refractivity contribution is 6.30. The molecule has 1 aromatic carbocycles. The predicted molar refractivity (Wildman–Crippen MR) is 69.7 cm³/mol. The Kier molecular flexibility index (Phi) is 3.74. The normalized spacial score (nSPS) is 19.3. The van der Waals surface area contributed by atoms with E-state index in [1.807, 2.05) is 13.0 Å². The second-order valence-electron chi connectivity index (χ2n) is 5.00. The van der Waals surface area contributed by atoms with Gasteiger partial charge in [-0.3, -0.25) is 0 Å². The fourth-order valence-corrected chi connectivity index (χ4v) is 2.90. The van der Waals surface area contributed by atoms with Gasteiger partial charge in [0.15, 0.2) is 0 Å². The van der Waals surface area contributed by atoms with Gasteiger partial charge in [0, 0.05) is 5.54 Å². The minimum Gasteiger partial charge on any atom is -0.321 e. The van der Waals surface area contributed by atoms with Crippen LogP contribution in [0.25, 0.3) is 0 Å². The van der Waals surface area contributed by atoms with Crippen LogP contribution in [0.5, 0.6) is 0 Å². The van der Waals surface area contributed by atoms with Gasteiger partial charge in [0.25, 0.3) is 0 Å². The van der Waals surface area contributed by atoms with Crippen LogP contribution in [0.2, 0.25) is 5.02 Å². The summed E-state index contributed by atoms with van der Waals surface area (Å²) in [6.45, 7) is 1.93. The SMILES string of the molecule is CCc1cc(C2(N)CCCCC2)cc(Cl)c1F. The van der Waals surface area contributed by atoms with Crippen molar-refractivity contribution < 1.29 is 4.39 Å². The second-order valence-corrected chi connectivity index (χ2v) is 5.41. The van der Waals surface area contributed by atoms with Gasteiger partial charge in [-0.2, -0.15) is 0 Å². The summed E-state index contributed by atoms with van der Waals surface area (Å²) in [5, 5.41) is 0.203. The molecule has 94 valence electrons. The Balaban J connectivity index is 2.41. The number of aryl methyl sites for hydroxylation is 1. The standard InChI is InChI=1S/C14H19ClFN/c1-2-10-8-11(9-12(15)13(10)16)14(17)6-4-3-5-7-14/h8-9H,2-7,17H2,1H3. The van der Waals surface area contributed by atoms with Crippen molar-refractivity contribution in [3.8, 4) is 0 Å². The van der Waals surface area contributed by atoms with Gasteiger partial charge >= 0.3 is 0 Å². The van der Waals surface area contributed by atoms with Crippen molar-refractivity contribution in [1.82, 2.24) is 0 Å². The first kappa shape index (κ1) is 12.8. The van der Waals surface area contributed by atoms with Gasteiger partial charge in [-0.1, -0.05) is 43.9 Å². The summed E-state index contributed by atoms with van der Waals surface area (Å²) < 4.78 is 13.7. The molecule has 1 aromatic rings. The summed E-state index contributed by atoms with van der Waals surface area (Å²) in [4.78, 5) is 0. The first-order valence-electron chi connectivity index (χ1n) is 6.34. The summed E-state index contributed by atoms with van der Waals surface area (Å²) in [7, 11) is 0. The number of hydrogen-bond acceptors (Lipinski definition) is 1. The molecule has 1 fully saturated rings. The predicted octanol–water partition coefficient (Wildman–Crippen LogP) is 4.16. The maximum Gasteiger partial charge on any atom is 0.144 e. The molecule has 17 heavy (non-hydrogen) atoms. The molecule has 0 bridgehead atoms. The van der Waals surface area contributed by atoms with E-state index in [2.05, 4.69) is 0 Å². The highest BCUT2D eigenvalue weighted by atomic mass is 35.5. The van der Waals surface area contributed by atoms with Gasteiger partial charge in [0.2, 0.25) is 0 Å². The van der Waals surface area contributed by atoms with Crippen LogP contribution in [0, 0.1) is 5.82 Å². The maximum absolute atomic E-state index is 13.7. The number of halogens is 2. The first-order chi connectivity index (χ1) is 8.07. The molecule has 0 heterocycles. The summed E-state index contributed by atoms with van der Waals surface area (Å²) in [5.74, 6) is -0.294. The largest absolute Gasteiger partial charge is 0.321 e. The third-order valence-electron chi connectivity index (χ3n) is 3.81. The minimum atomic E-state index is -0.306. The molecule has 0 saturated heterocycles. The van der Waals surface area contributed by atoms with Crippen LogP contribution < -0.4 is 5.73 Å². The molecular formula is C14H19ClFN.